The summed E-state index contributed by atoms with van der Waals surface area (Å²) in [7, 11) is 1.61. The smallest absolute Gasteiger partial charge is 0.118 e. The van der Waals surface area contributed by atoms with E-state index in [2.05, 4.69) is 11.7 Å². The van der Waals surface area contributed by atoms with Crippen molar-refractivity contribution >= 4 is 11.8 Å². The first-order valence-corrected chi connectivity index (χ1v) is 3.78. The van der Waals surface area contributed by atoms with Gasteiger partial charge in [0.05, 0.1) is 13.3 Å². The zero-order valence-corrected chi connectivity index (χ0v) is 7.40. The summed E-state index contributed by atoms with van der Waals surface area (Å²) in [4.78, 5) is 0. The number of nitrogens with zero attached hydrogens (tertiary/aromatic N) is 1. The van der Waals surface area contributed by atoms with Crippen LogP contribution >= 0.6 is 0 Å². The molecule has 1 aromatic carbocycles. The largest absolute Gasteiger partial charge is 0.497 e. The van der Waals surface area contributed by atoms with E-state index in [1.807, 2.05) is 24.3 Å². The Morgan fingerprint density at radius 2 is 2.08 bits per heavy atom. The average molecular weight is 177 g/mol. The highest BCUT2D eigenvalue weighted by molar-refractivity contribution is 6.08. The first-order chi connectivity index (χ1) is 6.27. The Hall–Kier alpha value is -1.77. The van der Waals surface area contributed by atoms with Crippen molar-refractivity contribution in [2.75, 3.05) is 7.11 Å². The van der Waals surface area contributed by atoms with E-state index in [4.69, 9.17) is 9.94 Å². The standard InChI is InChI=1S/C10H11NO2/c1-8(7-11-12)9-3-5-10(13-2)6-4-9/h3-7,12H,1H2,2H3/b11-7+. The fraction of sp³-hybridized carbons (Fsp3) is 0.100. The fourth-order valence-corrected chi connectivity index (χ4v) is 0.949. The van der Waals surface area contributed by atoms with Gasteiger partial charge in [-0.25, -0.2) is 0 Å². The molecular weight excluding hydrogens is 166 g/mol. The number of oxime groups is 1. The number of hydrogen-bond acceptors (Lipinski definition) is 3. The Morgan fingerprint density at radius 3 is 2.54 bits per heavy atom. The van der Waals surface area contributed by atoms with Crippen LogP contribution in [0.1, 0.15) is 5.56 Å². The lowest BCUT2D eigenvalue weighted by molar-refractivity contribution is 0.322. The third-order valence-electron chi connectivity index (χ3n) is 1.67. The summed E-state index contributed by atoms with van der Waals surface area (Å²) in [5.74, 6) is 0.789. The molecule has 0 bridgehead atoms. The van der Waals surface area contributed by atoms with E-state index < -0.39 is 0 Å². The van der Waals surface area contributed by atoms with Gasteiger partial charge in [-0.1, -0.05) is 23.9 Å². The molecule has 1 rings (SSSR count). The minimum Gasteiger partial charge on any atom is -0.497 e. The van der Waals surface area contributed by atoms with E-state index in [1.54, 1.807) is 7.11 Å². The molecule has 3 heteroatoms. The van der Waals surface area contributed by atoms with Crippen LogP contribution in [-0.2, 0) is 0 Å². The molecule has 0 spiro atoms. The average Bonchev–Trinajstić information content (AvgIpc) is 2.18. The maximum absolute atomic E-state index is 8.28. The molecule has 0 aliphatic heterocycles. The SMILES string of the molecule is C=C(/C=N/O)c1ccc(OC)cc1. The van der Waals surface area contributed by atoms with Crippen LogP contribution in [0.2, 0.25) is 0 Å². The summed E-state index contributed by atoms with van der Waals surface area (Å²) < 4.78 is 5.00. The molecule has 1 aromatic rings. The Balaban J connectivity index is 2.85. The van der Waals surface area contributed by atoms with Gasteiger partial charge in [-0.05, 0) is 23.3 Å². The molecule has 3 nitrogen and oxygen atoms in total. The van der Waals surface area contributed by atoms with Crippen LogP contribution in [0.25, 0.3) is 5.57 Å². The van der Waals surface area contributed by atoms with Crippen molar-refractivity contribution in [2.24, 2.45) is 5.16 Å². The third-order valence-corrected chi connectivity index (χ3v) is 1.67. The number of hydrogen-bond donors (Lipinski definition) is 1. The van der Waals surface area contributed by atoms with Crippen molar-refractivity contribution in [3.63, 3.8) is 0 Å². The number of methoxy groups -OCH3 is 1. The summed E-state index contributed by atoms with van der Waals surface area (Å²) in [5, 5.41) is 11.2. The second-order valence-corrected chi connectivity index (χ2v) is 2.50. The highest BCUT2D eigenvalue weighted by atomic mass is 16.5. The Labute approximate surface area is 77.0 Å². The lowest BCUT2D eigenvalue weighted by atomic mass is 10.1. The van der Waals surface area contributed by atoms with Crippen molar-refractivity contribution < 1.29 is 9.94 Å². The summed E-state index contributed by atoms with van der Waals surface area (Å²) >= 11 is 0. The van der Waals surface area contributed by atoms with E-state index in [1.165, 1.54) is 6.21 Å². The number of ether oxygens (including phenoxy) is 1. The quantitative estimate of drug-likeness (QED) is 0.436. The minimum absolute atomic E-state index is 0.658. The number of rotatable bonds is 3. The fourth-order valence-electron chi connectivity index (χ4n) is 0.949. The predicted molar refractivity (Wildman–Crippen MR) is 52.3 cm³/mol. The molecule has 0 fully saturated rings. The van der Waals surface area contributed by atoms with E-state index in [9.17, 15) is 0 Å². The van der Waals surface area contributed by atoms with Crippen molar-refractivity contribution in [3.05, 3.63) is 36.4 Å². The molecule has 0 aliphatic carbocycles. The molecule has 0 aromatic heterocycles. The molecule has 0 saturated heterocycles. The van der Waals surface area contributed by atoms with E-state index >= 15 is 0 Å². The lowest BCUT2D eigenvalue weighted by Crippen LogP contribution is -1.86. The highest BCUT2D eigenvalue weighted by Gasteiger charge is 1.96. The molecule has 0 aliphatic rings. The second kappa shape index (κ2) is 4.30. The number of allylic oxidation sites excluding steroid dienone is 1. The minimum atomic E-state index is 0.658. The van der Waals surface area contributed by atoms with Crippen LogP contribution in [0.5, 0.6) is 5.75 Å². The van der Waals surface area contributed by atoms with Gasteiger partial charge in [0.25, 0.3) is 0 Å². The molecule has 68 valence electrons. The zero-order chi connectivity index (χ0) is 9.68. The first kappa shape index (κ1) is 9.32. The Morgan fingerprint density at radius 1 is 1.46 bits per heavy atom. The number of benzene rings is 1. The molecule has 0 unspecified atom stereocenters. The second-order valence-electron chi connectivity index (χ2n) is 2.50. The monoisotopic (exact) mass is 177 g/mol. The van der Waals surface area contributed by atoms with Gasteiger partial charge < -0.3 is 9.94 Å². The Kier molecular flexibility index (Phi) is 3.09. The van der Waals surface area contributed by atoms with Crippen LogP contribution in [0.15, 0.2) is 36.0 Å². The van der Waals surface area contributed by atoms with Gasteiger partial charge in [0, 0.05) is 0 Å². The first-order valence-electron chi connectivity index (χ1n) is 3.78. The molecular formula is C10H11NO2. The maximum atomic E-state index is 8.28. The van der Waals surface area contributed by atoms with Crippen molar-refractivity contribution in [3.8, 4) is 5.75 Å². The van der Waals surface area contributed by atoms with Crippen LogP contribution in [0.3, 0.4) is 0 Å². The van der Waals surface area contributed by atoms with E-state index in [0.717, 1.165) is 11.3 Å². The van der Waals surface area contributed by atoms with Gasteiger partial charge in [0.15, 0.2) is 0 Å². The van der Waals surface area contributed by atoms with Crippen LogP contribution < -0.4 is 4.74 Å². The zero-order valence-electron chi connectivity index (χ0n) is 7.40. The molecule has 0 atom stereocenters. The third kappa shape index (κ3) is 2.33. The van der Waals surface area contributed by atoms with E-state index in [0.29, 0.717) is 5.57 Å². The van der Waals surface area contributed by atoms with Gasteiger partial charge >= 0.3 is 0 Å². The van der Waals surface area contributed by atoms with Crippen LogP contribution in [-0.4, -0.2) is 18.5 Å². The highest BCUT2D eigenvalue weighted by Crippen LogP contribution is 2.15. The molecule has 0 saturated carbocycles. The lowest BCUT2D eigenvalue weighted by Gasteiger charge is -2.01. The normalized spacial score (nSPS) is 10.2. The van der Waals surface area contributed by atoms with Gasteiger partial charge in [0.2, 0.25) is 0 Å². The molecule has 13 heavy (non-hydrogen) atoms. The van der Waals surface area contributed by atoms with Crippen LogP contribution in [0, 0.1) is 0 Å². The predicted octanol–water partition coefficient (Wildman–Crippen LogP) is 2.17. The van der Waals surface area contributed by atoms with Gasteiger partial charge in [-0.15, -0.1) is 0 Å². The Bertz CT molecular complexity index is 314. The molecule has 0 radical (unpaired) electrons. The maximum Gasteiger partial charge on any atom is 0.118 e. The summed E-state index contributed by atoms with van der Waals surface area (Å²) in [6, 6.07) is 7.35. The van der Waals surface area contributed by atoms with Gasteiger partial charge in [0.1, 0.15) is 5.75 Å². The van der Waals surface area contributed by atoms with Crippen molar-refractivity contribution in [1.29, 1.82) is 0 Å². The molecule has 0 heterocycles. The summed E-state index contributed by atoms with van der Waals surface area (Å²) in [6.45, 7) is 3.72. The topological polar surface area (TPSA) is 41.8 Å². The summed E-state index contributed by atoms with van der Waals surface area (Å²) in [5.41, 5.74) is 1.56. The van der Waals surface area contributed by atoms with Gasteiger partial charge in [-0.2, -0.15) is 0 Å². The summed E-state index contributed by atoms with van der Waals surface area (Å²) in [6.07, 6.45) is 1.29. The molecule has 0 amide bonds. The van der Waals surface area contributed by atoms with Crippen molar-refractivity contribution in [2.45, 2.75) is 0 Å². The van der Waals surface area contributed by atoms with E-state index in [-0.39, 0.29) is 0 Å². The van der Waals surface area contributed by atoms with Crippen LogP contribution in [0.4, 0.5) is 0 Å². The van der Waals surface area contributed by atoms with Gasteiger partial charge in [-0.3, -0.25) is 0 Å². The molecule has 1 N–H and O–H groups in total. The van der Waals surface area contributed by atoms with Crippen molar-refractivity contribution in [1.82, 2.24) is 0 Å².